The number of amides is 3. The first-order valence-corrected chi connectivity index (χ1v) is 23.2. The third-order valence-electron chi connectivity index (χ3n) is 10.5. The number of ether oxygens (including phenoxy) is 2. The van der Waals surface area contributed by atoms with E-state index in [1.165, 1.54) is 47.8 Å². The third-order valence-corrected chi connectivity index (χ3v) is 12.5. The summed E-state index contributed by atoms with van der Waals surface area (Å²) >= 11 is 6.73. The largest absolute Gasteiger partial charge is 0.435 e. The molecule has 0 atom stereocenters. The molecule has 3 amide bonds. The van der Waals surface area contributed by atoms with Crippen LogP contribution in [0.3, 0.4) is 0 Å². The summed E-state index contributed by atoms with van der Waals surface area (Å²) in [5.74, 6) is -1.45. The van der Waals surface area contributed by atoms with Gasteiger partial charge in [-0.15, -0.1) is 0 Å². The normalized spacial score (nSPS) is 16.0. The van der Waals surface area contributed by atoms with E-state index in [1.807, 2.05) is 11.9 Å². The lowest BCUT2D eigenvalue weighted by atomic mass is 9.95. The van der Waals surface area contributed by atoms with E-state index in [0.29, 0.717) is 38.3 Å². The Morgan fingerprint density at radius 1 is 0.983 bits per heavy atom. The zero-order chi connectivity index (χ0) is 42.1. The van der Waals surface area contributed by atoms with Crippen molar-refractivity contribution in [2.24, 2.45) is 18.7 Å². The number of piperazine rings is 1. The Balaban J connectivity index is 1.29. The van der Waals surface area contributed by atoms with Crippen LogP contribution in [0.5, 0.6) is 0 Å². The Morgan fingerprint density at radius 3 is 2.26 bits per heavy atom. The van der Waals surface area contributed by atoms with Crippen molar-refractivity contribution in [3.63, 3.8) is 0 Å². The van der Waals surface area contributed by atoms with E-state index >= 15 is 0 Å². The van der Waals surface area contributed by atoms with Crippen molar-refractivity contribution in [3.8, 4) is 28.3 Å². The minimum atomic E-state index is -4.95. The van der Waals surface area contributed by atoms with Crippen LogP contribution in [-0.4, -0.2) is 130 Å². The Bertz CT molecular complexity index is 2150. The fraction of sp³-hybridized carbons (Fsp3) is 0.526. The minimum Gasteiger partial charge on any atom is -0.380 e. The number of carbonyl (C=O) groups excluding carboxylic acids is 3. The van der Waals surface area contributed by atoms with Gasteiger partial charge < -0.3 is 34.5 Å². The van der Waals surface area contributed by atoms with Gasteiger partial charge in [0.2, 0.25) is 5.91 Å². The van der Waals surface area contributed by atoms with Crippen molar-refractivity contribution < 1.29 is 37.0 Å². The van der Waals surface area contributed by atoms with E-state index in [2.05, 4.69) is 39.7 Å². The average Bonchev–Trinajstić information content (AvgIpc) is 3.88. The molecular formula is C38H50ClF3N10O5Si. The summed E-state index contributed by atoms with van der Waals surface area (Å²) in [5, 5.41) is 8.48. The molecule has 20 heteroatoms. The predicted octanol–water partition coefficient (Wildman–Crippen LogP) is 4.99. The zero-order valence-electron chi connectivity index (χ0n) is 33.6. The number of nitrogens with two attached hydrogens (primary N) is 1. The SMILES string of the molecule is COCc1cn(COCC[Si](C)(C)C)nc1-n1cc(-c2c(-c3ccc(C(=O)N4CCN(C(=O)C5CCN(C)CC5)CC4)c(Cl)c3)nc(C(N)=O)n2C)c(C(F)(F)F)n1. The van der Waals surface area contributed by atoms with Crippen molar-refractivity contribution in [2.75, 3.05) is 60.0 Å². The quantitative estimate of drug-likeness (QED) is 0.145. The summed E-state index contributed by atoms with van der Waals surface area (Å²) in [6.45, 7) is 10.5. The summed E-state index contributed by atoms with van der Waals surface area (Å²) in [6.07, 6.45) is -0.532. The number of rotatable bonds is 13. The van der Waals surface area contributed by atoms with E-state index < -0.39 is 31.4 Å². The van der Waals surface area contributed by atoms with Crippen LogP contribution < -0.4 is 5.73 Å². The molecule has 2 N–H and O–H groups in total. The first-order chi connectivity index (χ1) is 27.4. The van der Waals surface area contributed by atoms with Crippen LogP contribution in [0.1, 0.15) is 45.1 Å². The van der Waals surface area contributed by atoms with E-state index in [0.717, 1.165) is 36.7 Å². The first-order valence-electron chi connectivity index (χ1n) is 19.1. The fourth-order valence-electron chi connectivity index (χ4n) is 7.25. The molecule has 0 saturated carbocycles. The second-order valence-electron chi connectivity index (χ2n) is 16.1. The maximum absolute atomic E-state index is 14.9. The molecule has 314 valence electrons. The van der Waals surface area contributed by atoms with E-state index in [9.17, 15) is 27.6 Å². The number of aromatic nitrogens is 6. The molecule has 6 rings (SSSR count). The Kier molecular flexibility index (Phi) is 12.9. The summed E-state index contributed by atoms with van der Waals surface area (Å²) in [7, 11) is 3.52. The molecule has 0 unspecified atom stereocenters. The standard InChI is InChI=1S/C38H50ClF3N10O5Si/c1-47-11-9-24(10-12-47)36(54)49-13-15-50(16-14-49)37(55)27-8-7-25(19-29(27)39)30-31(48(2)35(44-30)33(43)53)28-21-52(45-32(28)38(40,41)42)34-26(22-56-3)20-51(46-34)23-57-17-18-58(4,5)6/h7-8,19-21,24H,9-18,22-23H2,1-6H3,(H2,43,53). The summed E-state index contributed by atoms with van der Waals surface area (Å²) in [6, 6.07) is 5.33. The van der Waals surface area contributed by atoms with Crippen molar-refractivity contribution in [1.82, 2.24) is 43.8 Å². The molecule has 3 aromatic heterocycles. The number of piperidine rings is 1. The second kappa shape index (κ2) is 17.3. The highest BCUT2D eigenvalue weighted by Crippen LogP contribution is 2.41. The number of imidazole rings is 1. The molecule has 0 radical (unpaired) electrons. The number of methoxy groups -OCH3 is 1. The number of primary amides is 1. The van der Waals surface area contributed by atoms with Gasteiger partial charge in [-0.1, -0.05) is 37.3 Å². The van der Waals surface area contributed by atoms with Crippen molar-refractivity contribution in [3.05, 3.63) is 58.3 Å². The maximum atomic E-state index is 14.9. The number of benzene rings is 1. The lowest BCUT2D eigenvalue weighted by Gasteiger charge is -2.38. The molecule has 0 spiro atoms. The van der Waals surface area contributed by atoms with Crippen LogP contribution in [0.4, 0.5) is 13.2 Å². The Morgan fingerprint density at radius 2 is 1.66 bits per heavy atom. The van der Waals surface area contributed by atoms with Crippen LogP contribution in [0, 0.1) is 5.92 Å². The van der Waals surface area contributed by atoms with Crippen LogP contribution in [0.15, 0.2) is 30.6 Å². The molecule has 58 heavy (non-hydrogen) atoms. The Labute approximate surface area is 340 Å². The molecule has 2 aliphatic rings. The number of nitrogens with zero attached hydrogens (tertiary/aromatic N) is 9. The number of likely N-dealkylation sites (tertiary alicyclic amines) is 1. The van der Waals surface area contributed by atoms with Crippen molar-refractivity contribution in [1.29, 1.82) is 0 Å². The average molecular weight is 847 g/mol. The molecule has 0 bridgehead atoms. The number of halogens is 4. The van der Waals surface area contributed by atoms with Crippen LogP contribution in [0.2, 0.25) is 30.7 Å². The maximum Gasteiger partial charge on any atom is 0.435 e. The van der Waals surface area contributed by atoms with Gasteiger partial charge in [-0.25, -0.2) is 14.3 Å². The highest BCUT2D eigenvalue weighted by Gasteiger charge is 2.40. The topological polar surface area (TPSA) is 159 Å². The second-order valence-corrected chi connectivity index (χ2v) is 22.1. The molecule has 2 fully saturated rings. The molecule has 2 saturated heterocycles. The van der Waals surface area contributed by atoms with Gasteiger partial charge in [0.15, 0.2) is 17.3 Å². The van der Waals surface area contributed by atoms with Gasteiger partial charge in [-0.3, -0.25) is 14.4 Å². The molecule has 5 heterocycles. The van der Waals surface area contributed by atoms with Gasteiger partial charge in [0.25, 0.3) is 11.8 Å². The fourth-order valence-corrected chi connectivity index (χ4v) is 8.27. The predicted molar refractivity (Wildman–Crippen MR) is 213 cm³/mol. The molecule has 0 aliphatic carbocycles. The first kappa shape index (κ1) is 43.0. The van der Waals surface area contributed by atoms with Crippen LogP contribution in [0.25, 0.3) is 28.3 Å². The minimum absolute atomic E-state index is 0.0187. The van der Waals surface area contributed by atoms with Gasteiger partial charge in [0.1, 0.15) is 6.73 Å². The van der Waals surface area contributed by atoms with E-state index in [1.54, 1.807) is 11.1 Å². The van der Waals surface area contributed by atoms with Crippen molar-refractivity contribution >= 4 is 37.4 Å². The van der Waals surface area contributed by atoms with Crippen molar-refractivity contribution in [2.45, 2.75) is 58.0 Å². The highest BCUT2D eigenvalue weighted by molar-refractivity contribution is 6.76. The zero-order valence-corrected chi connectivity index (χ0v) is 35.4. The van der Waals surface area contributed by atoms with E-state index in [-0.39, 0.29) is 70.2 Å². The molecular weight excluding hydrogens is 797 g/mol. The number of hydrogen-bond donors (Lipinski definition) is 1. The van der Waals surface area contributed by atoms with Crippen LogP contribution >= 0.6 is 11.6 Å². The summed E-state index contributed by atoms with van der Waals surface area (Å²) in [4.78, 5) is 49.4. The van der Waals surface area contributed by atoms with Gasteiger partial charge in [-0.05, 0) is 51.2 Å². The van der Waals surface area contributed by atoms with Gasteiger partial charge in [-0.2, -0.15) is 23.4 Å². The van der Waals surface area contributed by atoms with Gasteiger partial charge in [0, 0.05) is 84.5 Å². The van der Waals surface area contributed by atoms with Crippen LogP contribution in [-0.2, 0) is 40.8 Å². The van der Waals surface area contributed by atoms with Gasteiger partial charge >= 0.3 is 6.18 Å². The smallest absolute Gasteiger partial charge is 0.380 e. The lowest BCUT2D eigenvalue weighted by Crippen LogP contribution is -2.52. The number of alkyl halides is 3. The number of hydrogen-bond acceptors (Lipinski definition) is 9. The highest BCUT2D eigenvalue weighted by atomic mass is 35.5. The molecule has 15 nitrogen and oxygen atoms in total. The molecule has 4 aromatic rings. The Hall–Kier alpha value is -4.56. The van der Waals surface area contributed by atoms with Gasteiger partial charge in [0.05, 0.1) is 34.1 Å². The molecule has 2 aliphatic heterocycles. The molecule has 1 aromatic carbocycles. The number of carbonyl (C=O) groups is 3. The third kappa shape index (κ3) is 9.49. The monoisotopic (exact) mass is 846 g/mol. The summed E-state index contributed by atoms with van der Waals surface area (Å²) < 4.78 is 59.4. The lowest BCUT2D eigenvalue weighted by molar-refractivity contribution is -0.141. The summed E-state index contributed by atoms with van der Waals surface area (Å²) in [5.41, 5.74) is 4.69. The van der Waals surface area contributed by atoms with E-state index in [4.69, 9.17) is 26.8 Å².